The third-order valence-corrected chi connectivity index (χ3v) is 7.76. The lowest BCUT2D eigenvalue weighted by atomic mass is 9.93. The topological polar surface area (TPSA) is 3.24 Å². The number of hydrogen-bond donors (Lipinski definition) is 0. The minimum atomic E-state index is 1.08. The van der Waals surface area contributed by atoms with Crippen molar-refractivity contribution in [3.8, 4) is 11.1 Å². The van der Waals surface area contributed by atoms with E-state index in [0.717, 1.165) is 12.3 Å². The second-order valence-corrected chi connectivity index (χ2v) is 9.73. The highest BCUT2D eigenvalue weighted by molar-refractivity contribution is 7.99. The maximum Gasteiger partial charge on any atom is 0.0504 e. The molecule has 1 aromatic heterocycles. The van der Waals surface area contributed by atoms with E-state index in [2.05, 4.69) is 97.9 Å². The lowest BCUT2D eigenvalue weighted by Gasteiger charge is -2.16. The zero-order chi connectivity index (χ0) is 19.8. The van der Waals surface area contributed by atoms with Gasteiger partial charge in [0.25, 0.3) is 0 Å². The van der Waals surface area contributed by atoms with Gasteiger partial charge in [-0.3, -0.25) is 0 Å². The molecule has 0 amide bonds. The van der Waals surface area contributed by atoms with Gasteiger partial charge < -0.3 is 4.90 Å². The molecule has 0 radical (unpaired) electrons. The SMILES string of the molecule is CN(C)CCSc1c2ccccc2c(-c2ccccc2)c2c1sc1ccccc12. The Labute approximate surface area is 180 Å². The van der Waals surface area contributed by atoms with Gasteiger partial charge in [-0.05, 0) is 42.1 Å². The third-order valence-electron chi connectivity index (χ3n) is 5.34. The van der Waals surface area contributed by atoms with Crippen LogP contribution in [0.4, 0.5) is 0 Å². The molecule has 0 bridgehead atoms. The average Bonchev–Trinajstić information content (AvgIpc) is 3.13. The molecule has 0 N–H and O–H groups in total. The first-order valence-corrected chi connectivity index (χ1v) is 11.7. The molecule has 5 aromatic rings. The molecule has 5 rings (SSSR count). The van der Waals surface area contributed by atoms with Crippen molar-refractivity contribution in [1.29, 1.82) is 0 Å². The Kier molecular flexibility index (Phi) is 5.04. The van der Waals surface area contributed by atoms with Gasteiger partial charge in [0.2, 0.25) is 0 Å². The highest BCUT2D eigenvalue weighted by Crippen LogP contribution is 2.49. The van der Waals surface area contributed by atoms with E-state index in [1.54, 1.807) is 0 Å². The van der Waals surface area contributed by atoms with Crippen LogP contribution in [0, 0.1) is 0 Å². The van der Waals surface area contributed by atoms with Gasteiger partial charge in [-0.1, -0.05) is 72.8 Å². The smallest absolute Gasteiger partial charge is 0.0504 e. The maximum absolute atomic E-state index is 2.30. The molecule has 1 nitrogen and oxygen atoms in total. The van der Waals surface area contributed by atoms with Crippen molar-refractivity contribution in [2.24, 2.45) is 0 Å². The molecule has 3 heteroatoms. The Morgan fingerprint density at radius 3 is 2.17 bits per heavy atom. The molecule has 29 heavy (non-hydrogen) atoms. The van der Waals surface area contributed by atoms with E-state index in [-0.39, 0.29) is 0 Å². The number of thiophene rings is 1. The molecule has 1 heterocycles. The van der Waals surface area contributed by atoms with Gasteiger partial charge in [0.05, 0.1) is 4.70 Å². The van der Waals surface area contributed by atoms with Crippen molar-refractivity contribution in [1.82, 2.24) is 4.90 Å². The first kappa shape index (κ1) is 18.7. The minimum absolute atomic E-state index is 1.08. The molecule has 144 valence electrons. The Morgan fingerprint density at radius 2 is 1.41 bits per heavy atom. The average molecular weight is 414 g/mol. The summed E-state index contributed by atoms with van der Waals surface area (Å²) in [4.78, 5) is 3.69. The van der Waals surface area contributed by atoms with E-state index in [1.807, 2.05) is 23.1 Å². The quantitative estimate of drug-likeness (QED) is 0.274. The maximum atomic E-state index is 2.30. The summed E-state index contributed by atoms with van der Waals surface area (Å²) < 4.78 is 2.79. The van der Waals surface area contributed by atoms with Crippen molar-refractivity contribution < 1.29 is 0 Å². The molecule has 0 atom stereocenters. The molecule has 0 spiro atoms. The van der Waals surface area contributed by atoms with E-state index >= 15 is 0 Å². The van der Waals surface area contributed by atoms with Crippen LogP contribution in [0.15, 0.2) is 83.8 Å². The Balaban J connectivity index is 1.90. The Bertz CT molecular complexity index is 1300. The molecule has 4 aromatic carbocycles. The summed E-state index contributed by atoms with van der Waals surface area (Å²) in [5.41, 5.74) is 2.66. The summed E-state index contributed by atoms with van der Waals surface area (Å²) >= 11 is 3.93. The van der Waals surface area contributed by atoms with E-state index in [4.69, 9.17) is 0 Å². The predicted octanol–water partition coefficient (Wildman–Crippen LogP) is 7.53. The van der Waals surface area contributed by atoms with Gasteiger partial charge >= 0.3 is 0 Å². The molecule has 0 saturated carbocycles. The Hall–Kier alpha value is -2.33. The van der Waals surface area contributed by atoms with E-state index < -0.39 is 0 Å². The van der Waals surface area contributed by atoms with Gasteiger partial charge in [0, 0.05) is 32.7 Å². The molecular formula is C26H23NS2. The fourth-order valence-corrected chi connectivity index (χ4v) is 6.68. The van der Waals surface area contributed by atoms with Crippen LogP contribution in [-0.4, -0.2) is 31.3 Å². The van der Waals surface area contributed by atoms with Gasteiger partial charge in [0.1, 0.15) is 0 Å². The van der Waals surface area contributed by atoms with Gasteiger partial charge in [0.15, 0.2) is 0 Å². The van der Waals surface area contributed by atoms with Crippen LogP contribution < -0.4 is 0 Å². The minimum Gasteiger partial charge on any atom is -0.309 e. The fraction of sp³-hybridized carbons (Fsp3) is 0.154. The first-order valence-electron chi connectivity index (χ1n) is 9.93. The normalized spacial score (nSPS) is 11.8. The van der Waals surface area contributed by atoms with Crippen LogP contribution in [0.5, 0.6) is 0 Å². The van der Waals surface area contributed by atoms with Crippen molar-refractivity contribution in [2.45, 2.75) is 4.90 Å². The van der Waals surface area contributed by atoms with Crippen molar-refractivity contribution >= 4 is 54.0 Å². The zero-order valence-electron chi connectivity index (χ0n) is 16.7. The number of rotatable bonds is 5. The third kappa shape index (κ3) is 3.33. The summed E-state index contributed by atoms with van der Waals surface area (Å²) in [5, 5.41) is 5.49. The number of nitrogens with zero attached hydrogens (tertiary/aromatic N) is 1. The summed E-state index contributed by atoms with van der Waals surface area (Å²) in [6, 6.07) is 28.7. The molecule has 0 aliphatic rings. The summed E-state index contributed by atoms with van der Waals surface area (Å²) in [5.74, 6) is 1.09. The van der Waals surface area contributed by atoms with E-state index in [0.29, 0.717) is 0 Å². The monoisotopic (exact) mass is 413 g/mol. The first-order chi connectivity index (χ1) is 14.2. The molecule has 0 fully saturated rings. The van der Waals surface area contributed by atoms with Crippen LogP contribution in [-0.2, 0) is 0 Å². The highest BCUT2D eigenvalue weighted by atomic mass is 32.2. The van der Waals surface area contributed by atoms with Crippen LogP contribution in [0.25, 0.3) is 42.1 Å². The second kappa shape index (κ2) is 7.83. The van der Waals surface area contributed by atoms with E-state index in [1.165, 1.54) is 47.0 Å². The van der Waals surface area contributed by atoms with Gasteiger partial charge in [-0.15, -0.1) is 23.1 Å². The zero-order valence-corrected chi connectivity index (χ0v) is 18.3. The Morgan fingerprint density at radius 1 is 0.759 bits per heavy atom. The lowest BCUT2D eigenvalue weighted by Crippen LogP contribution is -2.14. The molecule has 0 aliphatic heterocycles. The van der Waals surface area contributed by atoms with Crippen molar-refractivity contribution in [3.63, 3.8) is 0 Å². The highest BCUT2D eigenvalue weighted by Gasteiger charge is 2.19. The largest absolute Gasteiger partial charge is 0.309 e. The van der Waals surface area contributed by atoms with Crippen LogP contribution in [0.3, 0.4) is 0 Å². The molecule has 0 aliphatic carbocycles. The van der Waals surface area contributed by atoms with E-state index in [9.17, 15) is 0 Å². The number of fused-ring (bicyclic) bond motifs is 4. The number of hydrogen-bond acceptors (Lipinski definition) is 3. The number of benzene rings is 4. The lowest BCUT2D eigenvalue weighted by molar-refractivity contribution is 0.437. The summed E-state index contributed by atoms with van der Waals surface area (Å²) in [6.45, 7) is 1.08. The van der Waals surface area contributed by atoms with Gasteiger partial charge in [-0.2, -0.15) is 0 Å². The second-order valence-electron chi connectivity index (χ2n) is 7.57. The number of thioether (sulfide) groups is 1. The summed E-state index contributed by atoms with van der Waals surface area (Å²) in [7, 11) is 4.29. The fourth-order valence-electron chi connectivity index (χ4n) is 3.99. The van der Waals surface area contributed by atoms with Crippen molar-refractivity contribution in [2.75, 3.05) is 26.4 Å². The van der Waals surface area contributed by atoms with Gasteiger partial charge in [-0.25, -0.2) is 0 Å². The van der Waals surface area contributed by atoms with Crippen LogP contribution in [0.2, 0.25) is 0 Å². The van der Waals surface area contributed by atoms with Crippen LogP contribution >= 0.6 is 23.1 Å². The van der Waals surface area contributed by atoms with Crippen molar-refractivity contribution in [3.05, 3.63) is 78.9 Å². The predicted molar refractivity (Wildman–Crippen MR) is 132 cm³/mol. The summed E-state index contributed by atoms with van der Waals surface area (Å²) in [6.07, 6.45) is 0. The molecule has 0 unspecified atom stereocenters. The molecular weight excluding hydrogens is 390 g/mol. The standard InChI is InChI=1S/C26H23NS2/c1-27(2)16-17-28-25-20-13-7-6-12-19(20)23(18-10-4-3-5-11-18)24-21-14-8-9-15-22(21)29-26(24)25/h3-15H,16-17H2,1-2H3. The van der Waals surface area contributed by atoms with Crippen LogP contribution in [0.1, 0.15) is 0 Å². The molecule has 0 saturated heterocycles.